The molecule has 0 heterocycles. The molecule has 1 aliphatic carbocycles. The SMILES string of the molecule is CC[C@@H](NC(=O)[C@@H](C)Oc1ccc2c(c1)CCCC2)c1ccccc1C. The van der Waals surface area contributed by atoms with Gasteiger partial charge in [-0.05, 0) is 80.3 Å². The second-order valence-corrected chi connectivity index (χ2v) is 7.22. The molecule has 3 nitrogen and oxygen atoms in total. The summed E-state index contributed by atoms with van der Waals surface area (Å²) in [5, 5.41) is 3.14. The average Bonchev–Trinajstić information content (AvgIpc) is 2.66. The van der Waals surface area contributed by atoms with E-state index in [0.29, 0.717) is 0 Å². The molecular formula is C23H29NO2. The fourth-order valence-electron chi connectivity index (χ4n) is 3.71. The molecule has 0 saturated carbocycles. The molecule has 138 valence electrons. The molecule has 0 spiro atoms. The van der Waals surface area contributed by atoms with E-state index in [2.05, 4.69) is 43.4 Å². The molecule has 1 aliphatic rings. The van der Waals surface area contributed by atoms with Gasteiger partial charge in [0.1, 0.15) is 5.75 Å². The first-order valence-electron chi connectivity index (χ1n) is 9.73. The van der Waals surface area contributed by atoms with Crippen LogP contribution in [0.15, 0.2) is 42.5 Å². The molecule has 0 radical (unpaired) electrons. The second-order valence-electron chi connectivity index (χ2n) is 7.22. The van der Waals surface area contributed by atoms with Crippen molar-refractivity contribution in [1.82, 2.24) is 5.32 Å². The summed E-state index contributed by atoms with van der Waals surface area (Å²) >= 11 is 0. The van der Waals surface area contributed by atoms with Crippen molar-refractivity contribution in [3.8, 4) is 5.75 Å². The number of rotatable bonds is 6. The molecular weight excluding hydrogens is 322 g/mol. The standard InChI is InChI=1S/C23H29NO2/c1-4-22(21-12-8-5-9-16(21)2)24-23(25)17(3)26-20-14-13-18-10-6-7-11-19(18)15-20/h5,8-9,12-15,17,22H,4,6-7,10-11H2,1-3H3,(H,24,25)/t17-,22-/m1/s1. The summed E-state index contributed by atoms with van der Waals surface area (Å²) in [6.45, 7) is 5.99. The van der Waals surface area contributed by atoms with Crippen LogP contribution in [0.4, 0.5) is 0 Å². The minimum Gasteiger partial charge on any atom is -0.481 e. The molecule has 3 rings (SSSR count). The third-order valence-electron chi connectivity index (χ3n) is 5.29. The lowest BCUT2D eigenvalue weighted by molar-refractivity contribution is -0.128. The number of amides is 1. The number of carbonyl (C=O) groups excluding carboxylic acids is 1. The van der Waals surface area contributed by atoms with Crippen LogP contribution in [-0.4, -0.2) is 12.0 Å². The summed E-state index contributed by atoms with van der Waals surface area (Å²) in [4.78, 5) is 12.7. The monoisotopic (exact) mass is 351 g/mol. The molecule has 0 saturated heterocycles. The fraction of sp³-hybridized carbons (Fsp3) is 0.435. The average molecular weight is 351 g/mol. The van der Waals surface area contributed by atoms with Crippen LogP contribution in [-0.2, 0) is 17.6 Å². The minimum atomic E-state index is -0.519. The highest BCUT2D eigenvalue weighted by molar-refractivity contribution is 5.81. The van der Waals surface area contributed by atoms with Gasteiger partial charge >= 0.3 is 0 Å². The quantitative estimate of drug-likeness (QED) is 0.803. The predicted octanol–water partition coefficient (Wildman–Crippen LogP) is 4.91. The highest BCUT2D eigenvalue weighted by Gasteiger charge is 2.20. The van der Waals surface area contributed by atoms with E-state index in [1.165, 1.54) is 35.1 Å². The first-order valence-corrected chi connectivity index (χ1v) is 9.73. The minimum absolute atomic E-state index is 0.0123. The van der Waals surface area contributed by atoms with Gasteiger partial charge in [-0.2, -0.15) is 0 Å². The molecule has 3 heteroatoms. The van der Waals surface area contributed by atoms with E-state index in [1.807, 2.05) is 25.1 Å². The van der Waals surface area contributed by atoms with Crippen molar-refractivity contribution in [2.45, 2.75) is 65.0 Å². The van der Waals surface area contributed by atoms with E-state index in [1.54, 1.807) is 0 Å². The topological polar surface area (TPSA) is 38.3 Å². The number of carbonyl (C=O) groups is 1. The van der Waals surface area contributed by atoms with Gasteiger partial charge in [-0.1, -0.05) is 37.3 Å². The second kappa shape index (κ2) is 8.39. The van der Waals surface area contributed by atoms with Gasteiger partial charge in [0.25, 0.3) is 5.91 Å². The van der Waals surface area contributed by atoms with Gasteiger partial charge in [-0.3, -0.25) is 4.79 Å². The van der Waals surface area contributed by atoms with E-state index in [9.17, 15) is 4.79 Å². The number of hydrogen-bond donors (Lipinski definition) is 1. The fourth-order valence-corrected chi connectivity index (χ4v) is 3.71. The van der Waals surface area contributed by atoms with Crippen LogP contribution < -0.4 is 10.1 Å². The Balaban J connectivity index is 1.65. The summed E-state index contributed by atoms with van der Waals surface area (Å²) in [6, 6.07) is 14.5. The Hall–Kier alpha value is -2.29. The summed E-state index contributed by atoms with van der Waals surface area (Å²) in [5.41, 5.74) is 5.16. The summed E-state index contributed by atoms with van der Waals surface area (Å²) in [6.07, 6.45) is 5.10. The molecule has 1 amide bonds. The van der Waals surface area contributed by atoms with Crippen LogP contribution in [0.3, 0.4) is 0 Å². The number of nitrogens with one attached hydrogen (secondary N) is 1. The number of aryl methyl sites for hydroxylation is 3. The highest BCUT2D eigenvalue weighted by Crippen LogP contribution is 2.26. The maximum absolute atomic E-state index is 12.7. The Labute approximate surface area is 156 Å². The van der Waals surface area contributed by atoms with Crippen molar-refractivity contribution in [2.75, 3.05) is 0 Å². The molecule has 0 aliphatic heterocycles. The van der Waals surface area contributed by atoms with Gasteiger partial charge in [0.2, 0.25) is 0 Å². The molecule has 0 bridgehead atoms. The van der Waals surface area contributed by atoms with Crippen LogP contribution in [0.2, 0.25) is 0 Å². The van der Waals surface area contributed by atoms with Gasteiger partial charge in [0, 0.05) is 0 Å². The van der Waals surface area contributed by atoms with Gasteiger partial charge in [-0.15, -0.1) is 0 Å². The normalized spacial score (nSPS) is 15.7. The molecule has 0 fully saturated rings. The van der Waals surface area contributed by atoms with E-state index >= 15 is 0 Å². The highest BCUT2D eigenvalue weighted by atomic mass is 16.5. The zero-order valence-corrected chi connectivity index (χ0v) is 16.0. The van der Waals surface area contributed by atoms with Crippen LogP contribution in [0.25, 0.3) is 0 Å². The Bertz CT molecular complexity index is 769. The molecule has 1 N–H and O–H groups in total. The first-order chi connectivity index (χ1) is 12.6. The lowest BCUT2D eigenvalue weighted by Crippen LogP contribution is -2.38. The van der Waals surface area contributed by atoms with Gasteiger partial charge in [0.05, 0.1) is 6.04 Å². The zero-order valence-electron chi connectivity index (χ0n) is 16.0. The van der Waals surface area contributed by atoms with Crippen molar-refractivity contribution in [3.05, 3.63) is 64.7 Å². The van der Waals surface area contributed by atoms with Crippen molar-refractivity contribution in [2.24, 2.45) is 0 Å². The van der Waals surface area contributed by atoms with Gasteiger partial charge in [0.15, 0.2) is 6.10 Å². The number of hydrogen-bond acceptors (Lipinski definition) is 2. The zero-order chi connectivity index (χ0) is 18.5. The van der Waals surface area contributed by atoms with Crippen LogP contribution in [0, 0.1) is 6.92 Å². The van der Waals surface area contributed by atoms with Crippen molar-refractivity contribution >= 4 is 5.91 Å². The molecule has 0 unspecified atom stereocenters. The summed E-state index contributed by atoms with van der Waals surface area (Å²) < 4.78 is 5.94. The van der Waals surface area contributed by atoms with Crippen molar-refractivity contribution in [1.29, 1.82) is 0 Å². The molecule has 0 aromatic heterocycles. The van der Waals surface area contributed by atoms with Crippen molar-refractivity contribution in [3.63, 3.8) is 0 Å². The van der Waals surface area contributed by atoms with E-state index in [0.717, 1.165) is 25.0 Å². The Morgan fingerprint density at radius 3 is 2.58 bits per heavy atom. The van der Waals surface area contributed by atoms with Crippen LogP contribution >= 0.6 is 0 Å². The maximum atomic E-state index is 12.7. The van der Waals surface area contributed by atoms with Crippen molar-refractivity contribution < 1.29 is 9.53 Å². The molecule has 26 heavy (non-hydrogen) atoms. The van der Waals surface area contributed by atoms with E-state index < -0.39 is 6.10 Å². The molecule has 2 aromatic carbocycles. The first kappa shape index (κ1) is 18.5. The Kier molecular flexibility index (Phi) is 5.97. The number of benzene rings is 2. The molecule has 2 atom stereocenters. The molecule has 2 aromatic rings. The van der Waals surface area contributed by atoms with Gasteiger partial charge in [-0.25, -0.2) is 0 Å². The largest absolute Gasteiger partial charge is 0.481 e. The van der Waals surface area contributed by atoms with Crippen LogP contribution in [0.1, 0.15) is 61.4 Å². The number of fused-ring (bicyclic) bond motifs is 1. The number of ether oxygens (including phenoxy) is 1. The maximum Gasteiger partial charge on any atom is 0.261 e. The third kappa shape index (κ3) is 4.27. The third-order valence-corrected chi connectivity index (χ3v) is 5.29. The Morgan fingerprint density at radius 1 is 1.12 bits per heavy atom. The van der Waals surface area contributed by atoms with Crippen LogP contribution in [0.5, 0.6) is 5.75 Å². The summed E-state index contributed by atoms with van der Waals surface area (Å²) in [7, 11) is 0. The summed E-state index contributed by atoms with van der Waals surface area (Å²) in [5.74, 6) is 0.718. The Morgan fingerprint density at radius 2 is 1.85 bits per heavy atom. The predicted molar refractivity (Wildman–Crippen MR) is 106 cm³/mol. The van der Waals surface area contributed by atoms with E-state index in [-0.39, 0.29) is 11.9 Å². The lowest BCUT2D eigenvalue weighted by Gasteiger charge is -2.23. The van der Waals surface area contributed by atoms with Gasteiger partial charge < -0.3 is 10.1 Å². The lowest BCUT2D eigenvalue weighted by atomic mass is 9.92. The smallest absolute Gasteiger partial charge is 0.261 e. The van der Waals surface area contributed by atoms with E-state index in [4.69, 9.17) is 4.74 Å².